The Bertz CT molecular complexity index is 1230. The molecule has 3 aromatic rings. The fraction of sp³-hybridized carbons (Fsp3) is 0.333. The van der Waals surface area contributed by atoms with Gasteiger partial charge in [0.2, 0.25) is 11.8 Å². The van der Waals surface area contributed by atoms with Gasteiger partial charge in [-0.1, -0.05) is 62.7 Å². The van der Waals surface area contributed by atoms with Crippen LogP contribution in [0.1, 0.15) is 26.3 Å². The highest BCUT2D eigenvalue weighted by atomic mass is 35.5. The van der Waals surface area contributed by atoms with Crippen molar-refractivity contribution in [3.8, 4) is 5.69 Å². The number of tetrazole rings is 1. The molecule has 2 aromatic carbocycles. The maximum absolute atomic E-state index is 13.3. The van der Waals surface area contributed by atoms with E-state index in [1.807, 2.05) is 6.07 Å². The molecule has 0 aliphatic heterocycles. The van der Waals surface area contributed by atoms with Crippen LogP contribution in [-0.2, 0) is 20.8 Å². The Kier molecular flexibility index (Phi) is 8.31. The Morgan fingerprint density at radius 3 is 2.36 bits per heavy atom. The molecule has 1 aromatic heterocycles. The molecule has 3 rings (SSSR count). The monoisotopic (exact) mass is 532 g/mol. The van der Waals surface area contributed by atoms with Crippen LogP contribution in [0.4, 0.5) is 5.69 Å². The van der Waals surface area contributed by atoms with E-state index in [1.54, 1.807) is 57.2 Å². The van der Waals surface area contributed by atoms with E-state index >= 15 is 0 Å². The molecule has 0 saturated heterocycles. The van der Waals surface area contributed by atoms with Gasteiger partial charge in [-0.25, -0.2) is 4.79 Å². The highest BCUT2D eigenvalue weighted by Crippen LogP contribution is 2.40. The van der Waals surface area contributed by atoms with E-state index in [-0.39, 0.29) is 12.1 Å². The third-order valence-corrected chi connectivity index (χ3v) is 6.37. The summed E-state index contributed by atoms with van der Waals surface area (Å²) in [7, 11) is 0. The number of anilines is 1. The summed E-state index contributed by atoms with van der Waals surface area (Å²) < 4.78 is 1.33. The van der Waals surface area contributed by atoms with Crippen LogP contribution in [-0.4, -0.2) is 66.0 Å². The fourth-order valence-electron chi connectivity index (χ4n) is 4.09. The molecule has 1 heterocycles. The molecule has 10 nitrogen and oxygen atoms in total. The Morgan fingerprint density at radius 1 is 1.11 bits per heavy atom. The Morgan fingerprint density at radius 2 is 1.81 bits per heavy atom. The Labute approximate surface area is 218 Å². The normalized spacial score (nSPS) is 13.0. The molecule has 0 spiro atoms. The summed E-state index contributed by atoms with van der Waals surface area (Å²) in [4.78, 5) is 40.3. The molecule has 0 fully saturated rings. The molecule has 0 bridgehead atoms. The number of carbonyl (C=O) groups excluding carboxylic acids is 2. The standard InChI is InChI=1S/C24H26Cl2N6O4/c1-23(2,3)24(22(35)36,12-16-7-5-4-6-8-16)31(21(34)13-25)14-20(33)28-18-11-17(26)9-10-19(18)32-15-27-29-30-32/h4-11,15H,12-14H2,1-3H3,(H,28,33)(H,35,36)/t24-/m0/s1. The lowest BCUT2D eigenvalue weighted by molar-refractivity contribution is -0.168. The minimum absolute atomic E-state index is 0.0321. The van der Waals surface area contributed by atoms with Crippen molar-refractivity contribution in [1.82, 2.24) is 25.1 Å². The lowest BCUT2D eigenvalue weighted by Crippen LogP contribution is -2.67. The Balaban J connectivity index is 2.02. The van der Waals surface area contributed by atoms with Crippen molar-refractivity contribution in [2.45, 2.75) is 32.7 Å². The number of halogens is 2. The second-order valence-corrected chi connectivity index (χ2v) is 9.86. The summed E-state index contributed by atoms with van der Waals surface area (Å²) in [6.07, 6.45) is 1.31. The first-order valence-electron chi connectivity index (χ1n) is 11.0. The zero-order chi connectivity index (χ0) is 26.5. The number of carboxylic acid groups (broad SMARTS) is 1. The maximum atomic E-state index is 13.3. The smallest absolute Gasteiger partial charge is 0.330 e. The van der Waals surface area contributed by atoms with Crippen molar-refractivity contribution in [1.29, 1.82) is 0 Å². The molecular weight excluding hydrogens is 507 g/mol. The number of alkyl halides is 1. The molecule has 12 heteroatoms. The van der Waals surface area contributed by atoms with Crippen molar-refractivity contribution in [2.75, 3.05) is 17.7 Å². The number of aromatic nitrogens is 4. The second-order valence-electron chi connectivity index (χ2n) is 9.16. The van der Waals surface area contributed by atoms with E-state index in [0.29, 0.717) is 16.3 Å². The number of carboxylic acids is 1. The molecular formula is C24H26Cl2N6O4. The van der Waals surface area contributed by atoms with Crippen molar-refractivity contribution in [2.24, 2.45) is 5.41 Å². The minimum Gasteiger partial charge on any atom is -0.479 e. The van der Waals surface area contributed by atoms with E-state index in [0.717, 1.165) is 4.90 Å². The number of benzene rings is 2. The van der Waals surface area contributed by atoms with E-state index in [2.05, 4.69) is 20.8 Å². The van der Waals surface area contributed by atoms with Crippen LogP contribution in [0.25, 0.3) is 5.69 Å². The number of nitrogens with one attached hydrogen (secondary N) is 1. The van der Waals surface area contributed by atoms with Gasteiger partial charge in [0.1, 0.15) is 24.3 Å². The highest BCUT2D eigenvalue weighted by molar-refractivity contribution is 6.31. The van der Waals surface area contributed by atoms with Crippen LogP contribution in [0.5, 0.6) is 0 Å². The molecule has 2 N–H and O–H groups in total. The zero-order valence-electron chi connectivity index (χ0n) is 20.0. The third kappa shape index (κ3) is 5.66. The number of rotatable bonds is 9. The van der Waals surface area contributed by atoms with Gasteiger partial charge in [-0.05, 0) is 39.6 Å². The summed E-state index contributed by atoms with van der Waals surface area (Å²) in [5.41, 5.74) is -1.37. The fourth-order valence-corrected chi connectivity index (χ4v) is 4.41. The van der Waals surface area contributed by atoms with E-state index in [4.69, 9.17) is 23.2 Å². The van der Waals surface area contributed by atoms with Gasteiger partial charge in [0.05, 0.1) is 11.4 Å². The first-order valence-corrected chi connectivity index (χ1v) is 11.9. The molecule has 0 radical (unpaired) electrons. The average Bonchev–Trinajstić information content (AvgIpc) is 3.35. The number of amides is 2. The predicted molar refractivity (Wildman–Crippen MR) is 135 cm³/mol. The Hall–Kier alpha value is -3.50. The molecule has 190 valence electrons. The zero-order valence-corrected chi connectivity index (χ0v) is 21.5. The van der Waals surface area contributed by atoms with Crippen LogP contribution in [0.2, 0.25) is 5.02 Å². The number of aliphatic carboxylic acids is 1. The topological polar surface area (TPSA) is 130 Å². The van der Waals surface area contributed by atoms with Crippen molar-refractivity contribution >= 4 is 46.7 Å². The van der Waals surface area contributed by atoms with E-state index < -0.39 is 41.2 Å². The summed E-state index contributed by atoms with van der Waals surface area (Å²) in [5.74, 6) is -3.08. The molecule has 2 amide bonds. The van der Waals surface area contributed by atoms with Gasteiger partial charge >= 0.3 is 5.97 Å². The highest BCUT2D eigenvalue weighted by Gasteiger charge is 2.55. The molecule has 0 unspecified atom stereocenters. The van der Waals surface area contributed by atoms with Gasteiger partial charge in [0.15, 0.2) is 0 Å². The van der Waals surface area contributed by atoms with Crippen molar-refractivity contribution in [3.05, 3.63) is 65.4 Å². The van der Waals surface area contributed by atoms with Crippen LogP contribution in [0.3, 0.4) is 0 Å². The summed E-state index contributed by atoms with van der Waals surface area (Å²) in [5, 5.41) is 24.6. The largest absolute Gasteiger partial charge is 0.479 e. The van der Waals surface area contributed by atoms with Crippen molar-refractivity contribution < 1.29 is 19.5 Å². The summed E-state index contributed by atoms with van der Waals surface area (Å²) >= 11 is 12.0. The number of nitrogens with zero attached hydrogens (tertiary/aromatic N) is 5. The van der Waals surface area contributed by atoms with Gasteiger partial charge in [-0.15, -0.1) is 16.7 Å². The second kappa shape index (κ2) is 11.0. The van der Waals surface area contributed by atoms with E-state index in [9.17, 15) is 19.5 Å². The van der Waals surface area contributed by atoms with Gasteiger partial charge < -0.3 is 15.3 Å². The first-order chi connectivity index (χ1) is 17.0. The average molecular weight is 533 g/mol. The maximum Gasteiger partial charge on any atom is 0.330 e. The van der Waals surface area contributed by atoms with Gasteiger partial charge in [-0.3, -0.25) is 9.59 Å². The van der Waals surface area contributed by atoms with Crippen LogP contribution < -0.4 is 5.32 Å². The predicted octanol–water partition coefficient (Wildman–Crippen LogP) is 3.43. The van der Waals surface area contributed by atoms with Crippen molar-refractivity contribution in [3.63, 3.8) is 0 Å². The van der Waals surface area contributed by atoms with Gasteiger partial charge in [0, 0.05) is 11.4 Å². The number of carbonyl (C=O) groups is 3. The quantitative estimate of drug-likeness (QED) is 0.403. The van der Waals surface area contributed by atoms with Gasteiger partial charge in [0.25, 0.3) is 0 Å². The molecule has 0 aliphatic rings. The summed E-state index contributed by atoms with van der Waals surface area (Å²) in [6, 6.07) is 13.6. The van der Waals surface area contributed by atoms with Crippen LogP contribution in [0.15, 0.2) is 54.9 Å². The third-order valence-electron chi connectivity index (χ3n) is 5.90. The number of hydrogen-bond donors (Lipinski definition) is 2. The summed E-state index contributed by atoms with van der Waals surface area (Å²) in [6.45, 7) is 4.57. The van der Waals surface area contributed by atoms with Crippen LogP contribution in [0, 0.1) is 5.41 Å². The first kappa shape index (κ1) is 27.1. The minimum atomic E-state index is -1.79. The lowest BCUT2D eigenvalue weighted by atomic mass is 9.68. The molecule has 0 aliphatic carbocycles. The van der Waals surface area contributed by atoms with E-state index in [1.165, 1.54) is 17.1 Å². The van der Waals surface area contributed by atoms with Gasteiger partial charge in [-0.2, -0.15) is 4.68 Å². The molecule has 0 saturated carbocycles. The molecule has 1 atom stereocenters. The lowest BCUT2D eigenvalue weighted by Gasteiger charge is -2.48. The molecule has 36 heavy (non-hydrogen) atoms. The number of hydrogen-bond acceptors (Lipinski definition) is 6. The SMILES string of the molecule is CC(C)(C)[C@](Cc1ccccc1)(C(=O)O)N(CC(=O)Nc1cc(Cl)ccc1-n1cnnn1)C(=O)CCl. The van der Waals surface area contributed by atoms with Crippen LogP contribution >= 0.6 is 23.2 Å².